The van der Waals surface area contributed by atoms with E-state index in [0.717, 1.165) is 44.9 Å². The molecule has 1 aliphatic heterocycles. The van der Waals surface area contributed by atoms with Crippen LogP contribution in [0.15, 0.2) is 24.4 Å². The molecule has 4 N–H and O–H groups in total. The van der Waals surface area contributed by atoms with Gasteiger partial charge in [0.1, 0.15) is 5.82 Å². The topological polar surface area (TPSA) is 102 Å². The first-order valence-corrected chi connectivity index (χ1v) is 12.0. The van der Waals surface area contributed by atoms with Gasteiger partial charge in [0.2, 0.25) is 0 Å². The summed E-state index contributed by atoms with van der Waals surface area (Å²) in [5, 5.41) is 5.68. The average molecular weight is 446 g/mol. The van der Waals surface area contributed by atoms with Crippen molar-refractivity contribution >= 4 is 46.1 Å². The quantitative estimate of drug-likeness (QED) is 0.501. The Labute approximate surface area is 193 Å². The number of aromatic nitrogens is 2. The fourth-order valence-corrected chi connectivity index (χ4v) is 5.03. The van der Waals surface area contributed by atoms with Gasteiger partial charge in [0.25, 0.3) is 5.91 Å². The van der Waals surface area contributed by atoms with Gasteiger partial charge >= 0.3 is 7.12 Å². The average Bonchev–Trinajstić information content (AvgIpc) is 3.66. The van der Waals surface area contributed by atoms with Gasteiger partial charge in [-0.2, -0.15) is 0 Å². The summed E-state index contributed by atoms with van der Waals surface area (Å²) >= 11 is 0. The number of amides is 1. The summed E-state index contributed by atoms with van der Waals surface area (Å²) in [6.07, 6.45) is 6.71. The first kappa shape index (κ1) is 21.0. The third-order valence-electron chi connectivity index (χ3n) is 8.01. The highest BCUT2D eigenvalue weighted by Crippen LogP contribution is 2.46. The molecule has 0 spiro atoms. The standard InChI is InChI=1S/C25H31BN4O3/c1-24(2)25(3,4)33-26(32-24)15-9-10-16-18(11-15)29-21-17(22(27)31)12-28-23(19(16)21)30-20(13-5-6-13)14-7-8-14/h9-14,20,29H,5-8H2,1-4H3,(H2,27,31)(H,28,30). The molecule has 2 aromatic heterocycles. The molecular formula is C25H31BN4O3. The Balaban J connectivity index is 1.45. The van der Waals surface area contributed by atoms with Crippen LogP contribution in [0.2, 0.25) is 0 Å². The third kappa shape index (κ3) is 3.42. The summed E-state index contributed by atoms with van der Waals surface area (Å²) in [5.41, 5.74) is 7.85. The number of pyridine rings is 1. The highest BCUT2D eigenvalue weighted by Gasteiger charge is 2.51. The lowest BCUT2D eigenvalue weighted by molar-refractivity contribution is 0.00578. The molecule has 8 heteroatoms. The molecule has 6 rings (SSSR count). The lowest BCUT2D eigenvalue weighted by atomic mass is 9.79. The number of rotatable bonds is 6. The van der Waals surface area contributed by atoms with Crippen LogP contribution >= 0.6 is 0 Å². The number of carbonyl (C=O) groups excluding carboxylic acids is 1. The Morgan fingerprint density at radius 2 is 1.79 bits per heavy atom. The van der Waals surface area contributed by atoms with Crippen molar-refractivity contribution in [1.82, 2.24) is 9.97 Å². The number of hydrogen-bond donors (Lipinski definition) is 3. The Morgan fingerprint density at radius 3 is 2.36 bits per heavy atom. The predicted octanol–water partition coefficient (Wildman–Crippen LogP) is 3.71. The molecule has 3 aromatic rings. The van der Waals surface area contributed by atoms with Crippen LogP contribution in [0.4, 0.5) is 5.82 Å². The zero-order valence-electron chi connectivity index (χ0n) is 19.7. The van der Waals surface area contributed by atoms with Gasteiger partial charge < -0.3 is 25.3 Å². The second-order valence-electron chi connectivity index (χ2n) is 11.0. The van der Waals surface area contributed by atoms with E-state index in [9.17, 15) is 4.79 Å². The monoisotopic (exact) mass is 446 g/mol. The van der Waals surface area contributed by atoms with Crippen molar-refractivity contribution in [2.75, 3.05) is 5.32 Å². The molecule has 3 fully saturated rings. The fraction of sp³-hybridized carbons (Fsp3) is 0.520. The Hall–Kier alpha value is -2.58. The molecule has 172 valence electrons. The zero-order chi connectivity index (χ0) is 23.1. The van der Waals surface area contributed by atoms with E-state index < -0.39 is 24.2 Å². The largest absolute Gasteiger partial charge is 0.494 e. The minimum atomic E-state index is -0.488. The molecule has 0 radical (unpaired) electrons. The molecule has 0 unspecified atom stereocenters. The van der Waals surface area contributed by atoms with Gasteiger partial charge in [-0.1, -0.05) is 12.1 Å². The number of hydrogen-bond acceptors (Lipinski definition) is 5. The predicted molar refractivity (Wildman–Crippen MR) is 131 cm³/mol. The van der Waals surface area contributed by atoms with Crippen LogP contribution < -0.4 is 16.5 Å². The fourth-order valence-electron chi connectivity index (χ4n) is 5.03. The highest BCUT2D eigenvalue weighted by molar-refractivity contribution is 6.62. The van der Waals surface area contributed by atoms with Gasteiger partial charge in [0.05, 0.1) is 27.7 Å². The maximum Gasteiger partial charge on any atom is 0.494 e. The van der Waals surface area contributed by atoms with Crippen molar-refractivity contribution in [1.29, 1.82) is 0 Å². The molecule has 7 nitrogen and oxygen atoms in total. The summed E-state index contributed by atoms with van der Waals surface area (Å²) in [7, 11) is -0.453. The number of nitrogens with two attached hydrogens (primary N) is 1. The molecule has 3 heterocycles. The lowest BCUT2D eigenvalue weighted by Gasteiger charge is -2.32. The number of benzene rings is 1. The molecule has 1 saturated heterocycles. The number of anilines is 1. The van der Waals surface area contributed by atoms with Crippen LogP contribution in [0.1, 0.15) is 63.7 Å². The Kier molecular flexibility index (Phi) is 4.43. The highest BCUT2D eigenvalue weighted by atomic mass is 16.7. The van der Waals surface area contributed by atoms with Crippen molar-refractivity contribution < 1.29 is 14.1 Å². The van der Waals surface area contributed by atoms with Crippen molar-refractivity contribution in [2.24, 2.45) is 17.6 Å². The second kappa shape index (κ2) is 6.96. The van der Waals surface area contributed by atoms with E-state index in [4.69, 9.17) is 15.0 Å². The van der Waals surface area contributed by atoms with Crippen LogP contribution in [-0.4, -0.2) is 40.2 Å². The van der Waals surface area contributed by atoms with E-state index >= 15 is 0 Å². The summed E-state index contributed by atoms with van der Waals surface area (Å²) in [6.45, 7) is 8.20. The molecular weight excluding hydrogens is 415 g/mol. The number of nitrogens with zero attached hydrogens (tertiary/aromatic N) is 1. The van der Waals surface area contributed by atoms with Crippen LogP contribution in [0.25, 0.3) is 21.8 Å². The Bertz CT molecular complexity index is 1250. The summed E-state index contributed by atoms with van der Waals surface area (Å²) < 4.78 is 12.5. The van der Waals surface area contributed by atoms with Crippen molar-refractivity contribution in [3.63, 3.8) is 0 Å². The number of primary amides is 1. The van der Waals surface area contributed by atoms with Crippen LogP contribution in [0.5, 0.6) is 0 Å². The first-order chi connectivity index (χ1) is 15.6. The molecule has 1 amide bonds. The van der Waals surface area contributed by atoms with Crippen LogP contribution in [0, 0.1) is 11.8 Å². The second-order valence-corrected chi connectivity index (χ2v) is 11.0. The van der Waals surface area contributed by atoms with Crippen molar-refractivity contribution in [2.45, 2.75) is 70.6 Å². The van der Waals surface area contributed by atoms with Gasteiger partial charge in [-0.3, -0.25) is 4.79 Å². The smallest absolute Gasteiger partial charge is 0.399 e. The number of H-pyrrole nitrogens is 1. The molecule has 2 aliphatic carbocycles. The summed E-state index contributed by atoms with van der Waals surface area (Å²) in [5.74, 6) is 1.79. The molecule has 0 atom stereocenters. The van der Waals surface area contributed by atoms with Gasteiger partial charge in [0, 0.05) is 23.1 Å². The van der Waals surface area contributed by atoms with Gasteiger partial charge in [0.15, 0.2) is 0 Å². The first-order valence-electron chi connectivity index (χ1n) is 12.0. The lowest BCUT2D eigenvalue weighted by Crippen LogP contribution is -2.41. The van der Waals surface area contributed by atoms with E-state index in [-0.39, 0.29) is 0 Å². The van der Waals surface area contributed by atoms with Gasteiger partial charge in [-0.25, -0.2) is 4.98 Å². The van der Waals surface area contributed by atoms with E-state index in [1.807, 2.05) is 39.8 Å². The van der Waals surface area contributed by atoms with Crippen molar-refractivity contribution in [3.8, 4) is 0 Å². The number of nitrogens with one attached hydrogen (secondary N) is 2. The van der Waals surface area contributed by atoms with E-state index in [1.54, 1.807) is 6.20 Å². The molecule has 3 aliphatic rings. The number of fused-ring (bicyclic) bond motifs is 3. The molecule has 1 aromatic carbocycles. The number of carbonyl (C=O) groups is 1. The van der Waals surface area contributed by atoms with E-state index in [1.165, 1.54) is 25.7 Å². The Morgan fingerprint density at radius 1 is 1.15 bits per heavy atom. The van der Waals surface area contributed by atoms with Crippen LogP contribution in [0.3, 0.4) is 0 Å². The van der Waals surface area contributed by atoms with Crippen molar-refractivity contribution in [3.05, 3.63) is 30.0 Å². The minimum Gasteiger partial charge on any atom is -0.399 e. The molecule has 0 bridgehead atoms. The summed E-state index contributed by atoms with van der Waals surface area (Å²) in [4.78, 5) is 20.3. The normalized spacial score (nSPS) is 21.9. The van der Waals surface area contributed by atoms with Crippen LogP contribution in [-0.2, 0) is 9.31 Å². The third-order valence-corrected chi connectivity index (χ3v) is 8.01. The summed E-state index contributed by atoms with van der Waals surface area (Å²) in [6, 6.07) is 6.60. The number of aromatic amines is 1. The zero-order valence-corrected chi connectivity index (χ0v) is 19.7. The SMILES string of the molecule is CC1(C)OB(c2ccc3c(c2)[nH]c2c(C(N)=O)cnc(NC(C4CC4)C4CC4)c23)OC1(C)C. The maximum absolute atomic E-state index is 12.2. The van der Waals surface area contributed by atoms with Gasteiger partial charge in [-0.05, 0) is 76.7 Å². The maximum atomic E-state index is 12.2. The molecule has 33 heavy (non-hydrogen) atoms. The van der Waals surface area contributed by atoms with E-state index in [2.05, 4.69) is 21.4 Å². The van der Waals surface area contributed by atoms with Gasteiger partial charge in [-0.15, -0.1) is 0 Å². The minimum absolute atomic E-state index is 0.401. The molecule has 2 saturated carbocycles. The van der Waals surface area contributed by atoms with E-state index in [0.29, 0.717) is 11.6 Å².